The molecule has 0 saturated carbocycles. The van der Waals surface area contributed by atoms with Gasteiger partial charge in [-0.1, -0.05) is 0 Å². The zero-order chi connectivity index (χ0) is 25.6. The first-order valence-corrected chi connectivity index (χ1v) is 10.5. The fraction of sp³-hybridized carbons (Fsp3) is 0.455. The quantitative estimate of drug-likeness (QED) is 0.435. The fourth-order valence-electron chi connectivity index (χ4n) is 3.55. The number of amides is 2. The molecule has 13 heteroatoms. The van der Waals surface area contributed by atoms with E-state index in [-0.39, 0.29) is 48.3 Å². The second kappa shape index (κ2) is 11.3. The van der Waals surface area contributed by atoms with Gasteiger partial charge in [-0.25, -0.2) is 14.8 Å². The molecule has 10 nitrogen and oxygen atoms in total. The smallest absolute Gasteiger partial charge is 0.418 e. The summed E-state index contributed by atoms with van der Waals surface area (Å²) in [6.45, 7) is 0.683. The van der Waals surface area contributed by atoms with Crippen LogP contribution in [0.4, 0.5) is 29.6 Å². The van der Waals surface area contributed by atoms with Crippen LogP contribution in [-0.4, -0.2) is 57.1 Å². The Balaban J connectivity index is 1.93. The number of alkyl halides is 3. The molecule has 2 aromatic heterocycles. The van der Waals surface area contributed by atoms with Crippen LogP contribution in [-0.2, 0) is 26.8 Å². The number of hydrogen-bond acceptors (Lipinski definition) is 8. The summed E-state index contributed by atoms with van der Waals surface area (Å²) in [5.74, 6) is 0.362. The number of aromatic nitrogens is 2. The van der Waals surface area contributed by atoms with Gasteiger partial charge in [0, 0.05) is 33.9 Å². The van der Waals surface area contributed by atoms with Gasteiger partial charge in [0.2, 0.25) is 6.29 Å². The van der Waals surface area contributed by atoms with Gasteiger partial charge in [0.1, 0.15) is 41.3 Å². The van der Waals surface area contributed by atoms with E-state index in [0.717, 1.165) is 6.07 Å². The Labute approximate surface area is 199 Å². The maximum atomic E-state index is 13.7. The van der Waals surface area contributed by atoms with Gasteiger partial charge < -0.3 is 18.9 Å². The number of nitrogens with one attached hydrogen (secondary N) is 1. The van der Waals surface area contributed by atoms with Crippen molar-refractivity contribution in [3.8, 4) is 11.8 Å². The molecule has 3 rings (SSSR count). The first-order chi connectivity index (χ1) is 16.7. The average molecular weight is 495 g/mol. The van der Waals surface area contributed by atoms with Crippen molar-refractivity contribution in [3.05, 3.63) is 40.7 Å². The highest BCUT2D eigenvalue weighted by molar-refractivity contribution is 6.01. The summed E-state index contributed by atoms with van der Waals surface area (Å²) in [7, 11) is 3.90. The summed E-state index contributed by atoms with van der Waals surface area (Å²) in [5, 5.41) is 11.8. The zero-order valence-electron chi connectivity index (χ0n) is 19.3. The Morgan fingerprint density at radius 2 is 2.00 bits per heavy atom. The minimum atomic E-state index is -4.69. The number of urea groups is 1. The van der Waals surface area contributed by atoms with Crippen LogP contribution in [0.1, 0.15) is 35.1 Å². The number of hydrogen-bond donors (Lipinski definition) is 1. The van der Waals surface area contributed by atoms with Crippen molar-refractivity contribution >= 4 is 17.7 Å². The van der Waals surface area contributed by atoms with Gasteiger partial charge in [-0.2, -0.15) is 18.4 Å². The lowest BCUT2D eigenvalue weighted by Gasteiger charge is -2.30. The molecule has 0 unspecified atom stereocenters. The Kier molecular flexibility index (Phi) is 8.44. The highest BCUT2D eigenvalue weighted by Gasteiger charge is 2.39. The van der Waals surface area contributed by atoms with Gasteiger partial charge >= 0.3 is 12.2 Å². The Hall–Kier alpha value is -3.47. The fourth-order valence-corrected chi connectivity index (χ4v) is 3.55. The van der Waals surface area contributed by atoms with Crippen molar-refractivity contribution in [2.24, 2.45) is 0 Å². The number of halogens is 3. The molecule has 0 bridgehead atoms. The third kappa shape index (κ3) is 5.97. The van der Waals surface area contributed by atoms with Crippen LogP contribution in [0.5, 0.6) is 5.75 Å². The second-order valence-electron chi connectivity index (χ2n) is 7.41. The molecule has 2 aromatic rings. The van der Waals surface area contributed by atoms with Crippen LogP contribution >= 0.6 is 0 Å². The molecule has 188 valence electrons. The minimum Gasteiger partial charge on any atom is -0.490 e. The third-order valence-electron chi connectivity index (χ3n) is 5.16. The maximum Gasteiger partial charge on any atom is 0.418 e. The van der Waals surface area contributed by atoms with Gasteiger partial charge in [-0.05, 0) is 24.5 Å². The molecule has 1 aliphatic rings. The standard InChI is InChI=1S/C22H24F3N5O5/c1-32-7-8-35-16-10-17(27-12-14(16)11-26)28-21(31)30-6-4-5-13-9-15(22(23,24)25)18(29-19(13)30)20(33-2)34-3/h9-10,12,20H,4-8H2,1-3H3,(H,27,28,31). The van der Waals surface area contributed by atoms with Crippen molar-refractivity contribution in [1.82, 2.24) is 9.97 Å². The van der Waals surface area contributed by atoms with E-state index in [0.29, 0.717) is 12.8 Å². The van der Waals surface area contributed by atoms with Gasteiger partial charge in [0.25, 0.3) is 0 Å². The molecule has 0 fully saturated rings. The number of pyridine rings is 2. The van der Waals surface area contributed by atoms with Crippen LogP contribution < -0.4 is 15.0 Å². The number of carbonyl (C=O) groups is 1. The molecule has 0 radical (unpaired) electrons. The number of carbonyl (C=O) groups excluding carboxylic acids is 1. The van der Waals surface area contributed by atoms with Gasteiger partial charge in [-0.3, -0.25) is 10.2 Å². The topological polar surface area (TPSA) is 119 Å². The highest BCUT2D eigenvalue weighted by atomic mass is 19.4. The van der Waals surface area contributed by atoms with E-state index in [4.69, 9.17) is 18.9 Å². The second-order valence-corrected chi connectivity index (χ2v) is 7.41. The van der Waals surface area contributed by atoms with Gasteiger partial charge in [0.05, 0.1) is 18.4 Å². The molecule has 1 aliphatic heterocycles. The number of nitrogens with zero attached hydrogens (tertiary/aromatic N) is 4. The van der Waals surface area contributed by atoms with Crippen LogP contribution in [0, 0.1) is 11.3 Å². The van der Waals surface area contributed by atoms with Gasteiger partial charge in [0.15, 0.2) is 0 Å². The number of aryl methyl sites for hydroxylation is 1. The van der Waals surface area contributed by atoms with Crippen LogP contribution in [0.3, 0.4) is 0 Å². The predicted molar refractivity (Wildman–Crippen MR) is 117 cm³/mol. The zero-order valence-corrected chi connectivity index (χ0v) is 19.3. The number of ether oxygens (including phenoxy) is 4. The SMILES string of the molecule is COCCOc1cc(NC(=O)N2CCCc3cc(C(F)(F)F)c(C(OC)OC)nc32)ncc1C#N. The van der Waals surface area contributed by atoms with E-state index in [1.54, 1.807) is 0 Å². The molecule has 2 amide bonds. The molecule has 1 N–H and O–H groups in total. The number of fused-ring (bicyclic) bond motifs is 1. The molecule has 35 heavy (non-hydrogen) atoms. The third-order valence-corrected chi connectivity index (χ3v) is 5.16. The first-order valence-electron chi connectivity index (χ1n) is 10.5. The van der Waals surface area contributed by atoms with E-state index in [1.807, 2.05) is 6.07 Å². The Morgan fingerprint density at radius 1 is 1.26 bits per heavy atom. The summed E-state index contributed by atoms with van der Waals surface area (Å²) in [6.07, 6.45) is -4.08. The van der Waals surface area contributed by atoms with E-state index in [2.05, 4.69) is 15.3 Å². The normalized spacial score (nSPS) is 13.4. The van der Waals surface area contributed by atoms with E-state index < -0.39 is 29.8 Å². The lowest BCUT2D eigenvalue weighted by atomic mass is 10.0. The lowest BCUT2D eigenvalue weighted by molar-refractivity contribution is -0.149. The first kappa shape index (κ1) is 26.1. The molecule has 0 spiro atoms. The number of nitriles is 1. The van der Waals surface area contributed by atoms with Crippen molar-refractivity contribution in [2.75, 3.05) is 51.3 Å². The predicted octanol–water partition coefficient (Wildman–Crippen LogP) is 3.67. The van der Waals surface area contributed by atoms with Crippen LogP contribution in [0.25, 0.3) is 0 Å². The Morgan fingerprint density at radius 3 is 2.63 bits per heavy atom. The van der Waals surface area contributed by atoms with Gasteiger partial charge in [-0.15, -0.1) is 0 Å². The maximum absolute atomic E-state index is 13.7. The molecule has 0 atom stereocenters. The van der Waals surface area contributed by atoms with Crippen molar-refractivity contribution in [1.29, 1.82) is 5.26 Å². The van der Waals surface area contributed by atoms with Crippen molar-refractivity contribution in [3.63, 3.8) is 0 Å². The van der Waals surface area contributed by atoms with E-state index in [9.17, 15) is 23.2 Å². The van der Waals surface area contributed by atoms with Crippen molar-refractivity contribution in [2.45, 2.75) is 25.3 Å². The van der Waals surface area contributed by atoms with Crippen LogP contribution in [0.15, 0.2) is 18.3 Å². The van der Waals surface area contributed by atoms with Crippen LogP contribution in [0.2, 0.25) is 0 Å². The molecule has 0 aromatic carbocycles. The summed E-state index contributed by atoms with van der Waals surface area (Å²) in [4.78, 5) is 22.5. The monoisotopic (exact) mass is 495 g/mol. The number of rotatable bonds is 8. The highest BCUT2D eigenvalue weighted by Crippen LogP contribution is 2.39. The summed E-state index contributed by atoms with van der Waals surface area (Å²) in [6, 6.07) is 3.65. The summed E-state index contributed by atoms with van der Waals surface area (Å²) < 4.78 is 61.6. The minimum absolute atomic E-state index is 0.0704. The molecule has 0 saturated heterocycles. The number of anilines is 2. The lowest BCUT2D eigenvalue weighted by Crippen LogP contribution is -2.40. The number of methoxy groups -OCH3 is 3. The van der Waals surface area contributed by atoms with E-state index >= 15 is 0 Å². The molecular formula is C22H24F3N5O5. The molecular weight excluding hydrogens is 471 g/mol. The van der Waals surface area contributed by atoms with E-state index in [1.165, 1.54) is 38.5 Å². The summed E-state index contributed by atoms with van der Waals surface area (Å²) in [5.41, 5.74) is -1.03. The largest absolute Gasteiger partial charge is 0.490 e. The van der Waals surface area contributed by atoms with Crippen molar-refractivity contribution < 1.29 is 36.9 Å². The Bertz CT molecular complexity index is 1100. The summed E-state index contributed by atoms with van der Waals surface area (Å²) >= 11 is 0. The molecule has 3 heterocycles. The molecule has 0 aliphatic carbocycles. The average Bonchev–Trinajstić information content (AvgIpc) is 2.83.